The summed E-state index contributed by atoms with van der Waals surface area (Å²) in [4.78, 5) is 12.3. The van der Waals surface area contributed by atoms with Crippen LogP contribution in [0.3, 0.4) is 0 Å². The van der Waals surface area contributed by atoms with Crippen molar-refractivity contribution in [3.8, 4) is 17.2 Å². The summed E-state index contributed by atoms with van der Waals surface area (Å²) in [6, 6.07) is 13.0. The summed E-state index contributed by atoms with van der Waals surface area (Å²) in [5.74, 6) is 1.47. The summed E-state index contributed by atoms with van der Waals surface area (Å²) in [6.07, 6.45) is 0. The lowest BCUT2D eigenvalue weighted by molar-refractivity contribution is 0.0940. The smallest absolute Gasteiger partial charge is 0.258 e. The molecule has 2 aromatic carbocycles. The zero-order valence-corrected chi connectivity index (χ0v) is 13.6. The van der Waals surface area contributed by atoms with Crippen molar-refractivity contribution >= 4 is 5.91 Å². The number of amides is 1. The van der Waals surface area contributed by atoms with E-state index in [-0.39, 0.29) is 5.91 Å². The Kier molecular flexibility index (Phi) is 5.86. The van der Waals surface area contributed by atoms with Gasteiger partial charge in [-0.1, -0.05) is 23.8 Å². The van der Waals surface area contributed by atoms with Gasteiger partial charge < -0.3 is 19.5 Å². The van der Waals surface area contributed by atoms with Gasteiger partial charge in [-0.3, -0.25) is 4.79 Å². The molecule has 0 spiro atoms. The van der Waals surface area contributed by atoms with Crippen molar-refractivity contribution in [2.45, 2.75) is 6.92 Å². The Morgan fingerprint density at radius 1 is 1.00 bits per heavy atom. The third-order valence-electron chi connectivity index (χ3n) is 3.33. The molecule has 0 aromatic heterocycles. The van der Waals surface area contributed by atoms with Crippen LogP contribution in [0.25, 0.3) is 0 Å². The number of hydrogen-bond acceptors (Lipinski definition) is 4. The van der Waals surface area contributed by atoms with Gasteiger partial charge in [-0.15, -0.1) is 0 Å². The highest BCUT2D eigenvalue weighted by Gasteiger charge is 2.17. The molecule has 0 heterocycles. The maximum absolute atomic E-state index is 12.3. The van der Waals surface area contributed by atoms with Crippen molar-refractivity contribution in [3.05, 3.63) is 53.6 Å². The van der Waals surface area contributed by atoms with Crippen LogP contribution in [-0.2, 0) is 0 Å². The molecule has 0 unspecified atom stereocenters. The van der Waals surface area contributed by atoms with Crippen molar-refractivity contribution in [2.24, 2.45) is 0 Å². The Labute approximate surface area is 136 Å². The molecule has 0 aliphatic carbocycles. The molecule has 0 fully saturated rings. The van der Waals surface area contributed by atoms with E-state index in [2.05, 4.69) is 5.32 Å². The van der Waals surface area contributed by atoms with Crippen LogP contribution >= 0.6 is 0 Å². The summed E-state index contributed by atoms with van der Waals surface area (Å²) in [5.41, 5.74) is 1.56. The lowest BCUT2D eigenvalue weighted by atomic mass is 10.1. The molecule has 2 aromatic rings. The number of rotatable bonds is 7. The monoisotopic (exact) mass is 315 g/mol. The van der Waals surface area contributed by atoms with Gasteiger partial charge in [-0.25, -0.2) is 0 Å². The molecule has 0 bridgehead atoms. The predicted octanol–water partition coefficient (Wildman–Crippen LogP) is 2.82. The Morgan fingerprint density at radius 3 is 2.17 bits per heavy atom. The van der Waals surface area contributed by atoms with Crippen molar-refractivity contribution in [1.29, 1.82) is 0 Å². The number of nitrogens with one attached hydrogen (secondary N) is 1. The van der Waals surface area contributed by atoms with Crippen LogP contribution in [0, 0.1) is 6.92 Å². The van der Waals surface area contributed by atoms with Gasteiger partial charge in [0.25, 0.3) is 5.91 Å². The summed E-state index contributed by atoms with van der Waals surface area (Å²) in [6.45, 7) is 2.78. The number of benzene rings is 2. The van der Waals surface area contributed by atoms with Gasteiger partial charge in [-0.05, 0) is 31.2 Å². The van der Waals surface area contributed by atoms with Crippen molar-refractivity contribution in [3.63, 3.8) is 0 Å². The zero-order valence-electron chi connectivity index (χ0n) is 13.6. The summed E-state index contributed by atoms with van der Waals surface area (Å²) in [5, 5.41) is 2.81. The molecule has 122 valence electrons. The lowest BCUT2D eigenvalue weighted by Gasteiger charge is -2.13. The number of aryl methyl sites for hydroxylation is 1. The van der Waals surface area contributed by atoms with Crippen molar-refractivity contribution in [1.82, 2.24) is 5.32 Å². The van der Waals surface area contributed by atoms with Gasteiger partial charge in [0.15, 0.2) is 0 Å². The van der Waals surface area contributed by atoms with E-state index in [0.717, 1.165) is 5.75 Å². The second-order valence-corrected chi connectivity index (χ2v) is 4.95. The van der Waals surface area contributed by atoms with E-state index < -0.39 is 0 Å². The molecule has 0 aliphatic rings. The van der Waals surface area contributed by atoms with E-state index >= 15 is 0 Å². The number of methoxy groups -OCH3 is 2. The SMILES string of the molecule is COc1cccc(OC)c1C(=O)NCCOc1ccc(C)cc1. The molecular weight excluding hydrogens is 294 g/mol. The molecule has 0 atom stereocenters. The molecule has 0 saturated carbocycles. The van der Waals surface area contributed by atoms with Crippen LogP contribution in [0.2, 0.25) is 0 Å². The normalized spacial score (nSPS) is 10.0. The van der Waals surface area contributed by atoms with Crippen LogP contribution < -0.4 is 19.5 Å². The molecule has 2 rings (SSSR count). The first-order chi connectivity index (χ1) is 11.2. The van der Waals surface area contributed by atoms with Gasteiger partial charge >= 0.3 is 0 Å². The minimum absolute atomic E-state index is 0.258. The van der Waals surface area contributed by atoms with Crippen LogP contribution in [0.4, 0.5) is 0 Å². The fraction of sp³-hybridized carbons (Fsp3) is 0.278. The number of ether oxygens (including phenoxy) is 3. The van der Waals surface area contributed by atoms with Crippen molar-refractivity contribution < 1.29 is 19.0 Å². The highest BCUT2D eigenvalue weighted by Crippen LogP contribution is 2.27. The second-order valence-electron chi connectivity index (χ2n) is 4.95. The maximum Gasteiger partial charge on any atom is 0.258 e. The molecule has 0 saturated heterocycles. The minimum Gasteiger partial charge on any atom is -0.496 e. The fourth-order valence-corrected chi connectivity index (χ4v) is 2.13. The Hall–Kier alpha value is -2.69. The molecule has 1 amide bonds. The molecular formula is C18H21NO4. The molecule has 23 heavy (non-hydrogen) atoms. The van der Waals surface area contributed by atoms with Gasteiger partial charge in [0, 0.05) is 0 Å². The third-order valence-corrected chi connectivity index (χ3v) is 3.33. The average Bonchev–Trinajstić information content (AvgIpc) is 2.59. The zero-order chi connectivity index (χ0) is 16.7. The van der Waals surface area contributed by atoms with Crippen molar-refractivity contribution in [2.75, 3.05) is 27.4 Å². The summed E-state index contributed by atoms with van der Waals surface area (Å²) >= 11 is 0. The maximum atomic E-state index is 12.3. The highest BCUT2D eigenvalue weighted by molar-refractivity contribution is 5.99. The summed E-state index contributed by atoms with van der Waals surface area (Å²) in [7, 11) is 3.04. The molecule has 1 N–H and O–H groups in total. The number of carbonyl (C=O) groups excluding carboxylic acids is 1. The molecule has 5 heteroatoms. The molecule has 0 radical (unpaired) electrons. The Morgan fingerprint density at radius 2 is 1.61 bits per heavy atom. The molecule has 5 nitrogen and oxygen atoms in total. The predicted molar refractivity (Wildman–Crippen MR) is 88.6 cm³/mol. The van der Waals surface area contributed by atoms with E-state index in [4.69, 9.17) is 14.2 Å². The first-order valence-electron chi connectivity index (χ1n) is 7.34. The van der Waals surface area contributed by atoms with Gasteiger partial charge in [0.1, 0.15) is 29.4 Å². The van der Waals surface area contributed by atoms with Crippen LogP contribution in [-0.4, -0.2) is 33.3 Å². The number of carbonyl (C=O) groups is 1. The van der Waals surface area contributed by atoms with Crippen LogP contribution in [0.15, 0.2) is 42.5 Å². The quantitative estimate of drug-likeness (QED) is 0.798. The van der Waals surface area contributed by atoms with Crippen LogP contribution in [0.5, 0.6) is 17.2 Å². The molecule has 0 aliphatic heterocycles. The largest absolute Gasteiger partial charge is 0.496 e. The van der Waals surface area contributed by atoms with E-state index in [9.17, 15) is 4.79 Å². The standard InChI is InChI=1S/C18H21NO4/c1-13-7-9-14(10-8-13)23-12-11-19-18(20)17-15(21-2)5-4-6-16(17)22-3/h4-10H,11-12H2,1-3H3,(H,19,20). The average molecular weight is 315 g/mol. The summed E-state index contributed by atoms with van der Waals surface area (Å²) < 4.78 is 16.0. The fourth-order valence-electron chi connectivity index (χ4n) is 2.13. The first-order valence-corrected chi connectivity index (χ1v) is 7.34. The first kappa shape index (κ1) is 16.7. The van der Waals surface area contributed by atoms with E-state index in [1.54, 1.807) is 18.2 Å². The Balaban J connectivity index is 1.91. The minimum atomic E-state index is -0.258. The Bertz CT molecular complexity index is 630. The van der Waals surface area contributed by atoms with Crippen LogP contribution in [0.1, 0.15) is 15.9 Å². The second kappa shape index (κ2) is 8.08. The van der Waals surface area contributed by atoms with E-state index in [0.29, 0.717) is 30.2 Å². The van der Waals surface area contributed by atoms with Gasteiger partial charge in [0.05, 0.1) is 20.8 Å². The van der Waals surface area contributed by atoms with E-state index in [1.807, 2.05) is 31.2 Å². The van der Waals surface area contributed by atoms with Gasteiger partial charge in [-0.2, -0.15) is 0 Å². The van der Waals surface area contributed by atoms with E-state index in [1.165, 1.54) is 19.8 Å². The third kappa shape index (κ3) is 4.39. The van der Waals surface area contributed by atoms with Gasteiger partial charge in [0.2, 0.25) is 0 Å². The number of hydrogen-bond donors (Lipinski definition) is 1. The highest BCUT2D eigenvalue weighted by atomic mass is 16.5. The topological polar surface area (TPSA) is 56.8 Å². The lowest BCUT2D eigenvalue weighted by Crippen LogP contribution is -2.28.